The van der Waals surface area contributed by atoms with Crippen LogP contribution in [-0.2, 0) is 9.59 Å². The Kier molecular flexibility index (Phi) is 3.79. The van der Waals surface area contributed by atoms with Gasteiger partial charge in [-0.3, -0.25) is 14.5 Å². The van der Waals surface area contributed by atoms with E-state index in [2.05, 4.69) is 0 Å². The first-order valence-electron chi connectivity index (χ1n) is 3.59. The molecule has 1 heterocycles. The molecular formula is C8H15NO2. The highest BCUT2D eigenvalue weighted by Gasteiger charge is 2.23. The number of imide groups is 1. The number of amides is 2. The smallest absolute Gasteiger partial charge is 0.229 e. The van der Waals surface area contributed by atoms with Gasteiger partial charge < -0.3 is 0 Å². The fourth-order valence-corrected chi connectivity index (χ4v) is 1.15. The Balaban J connectivity index is 0.000001000. The van der Waals surface area contributed by atoms with E-state index in [0.29, 0.717) is 19.4 Å². The van der Waals surface area contributed by atoms with E-state index >= 15 is 0 Å². The lowest BCUT2D eigenvalue weighted by molar-refractivity contribution is -0.147. The summed E-state index contributed by atoms with van der Waals surface area (Å²) in [5.74, 6) is -0.0301. The molecule has 1 fully saturated rings. The fraction of sp³-hybridized carbons (Fsp3) is 0.750. The summed E-state index contributed by atoms with van der Waals surface area (Å²) in [6.45, 7) is 2.35. The van der Waals surface area contributed by atoms with Crippen LogP contribution in [0.15, 0.2) is 0 Å². The Morgan fingerprint density at radius 3 is 2.00 bits per heavy atom. The van der Waals surface area contributed by atoms with Gasteiger partial charge in [-0.1, -0.05) is 7.43 Å². The van der Waals surface area contributed by atoms with E-state index in [0.717, 1.165) is 6.42 Å². The van der Waals surface area contributed by atoms with Gasteiger partial charge in [-0.25, -0.2) is 0 Å². The van der Waals surface area contributed by atoms with Crippen LogP contribution in [0.3, 0.4) is 0 Å². The molecule has 2 amide bonds. The average molecular weight is 157 g/mol. The third kappa shape index (κ3) is 2.03. The van der Waals surface area contributed by atoms with Crippen molar-refractivity contribution in [3.8, 4) is 0 Å². The summed E-state index contributed by atoms with van der Waals surface area (Å²) in [7, 11) is 0. The maximum absolute atomic E-state index is 10.9. The first-order valence-corrected chi connectivity index (χ1v) is 3.59. The van der Waals surface area contributed by atoms with E-state index in [-0.39, 0.29) is 19.2 Å². The van der Waals surface area contributed by atoms with Gasteiger partial charge >= 0.3 is 0 Å². The molecule has 3 nitrogen and oxygen atoms in total. The molecule has 0 aromatic rings. The van der Waals surface area contributed by atoms with Gasteiger partial charge in [0.2, 0.25) is 11.8 Å². The molecule has 0 radical (unpaired) electrons. The van der Waals surface area contributed by atoms with Crippen molar-refractivity contribution in [2.24, 2.45) is 0 Å². The number of piperidine rings is 1. The number of nitrogens with zero attached hydrogens (tertiary/aromatic N) is 1. The molecule has 0 aromatic heterocycles. The highest BCUT2D eigenvalue weighted by atomic mass is 16.2. The number of likely N-dealkylation sites (tertiary alicyclic amines) is 1. The zero-order valence-electron chi connectivity index (χ0n) is 6.09. The van der Waals surface area contributed by atoms with Crippen LogP contribution in [0.2, 0.25) is 0 Å². The molecule has 0 atom stereocenters. The van der Waals surface area contributed by atoms with Gasteiger partial charge in [0, 0.05) is 19.4 Å². The predicted octanol–water partition coefficient (Wildman–Crippen LogP) is 1.18. The lowest BCUT2D eigenvalue weighted by atomic mass is 10.1. The maximum Gasteiger partial charge on any atom is 0.229 e. The maximum atomic E-state index is 10.9. The van der Waals surface area contributed by atoms with Gasteiger partial charge in [-0.05, 0) is 13.3 Å². The van der Waals surface area contributed by atoms with Crippen molar-refractivity contribution in [1.29, 1.82) is 0 Å². The van der Waals surface area contributed by atoms with Gasteiger partial charge in [0.25, 0.3) is 0 Å². The van der Waals surface area contributed by atoms with Crippen molar-refractivity contribution in [2.75, 3.05) is 6.54 Å². The molecule has 64 valence electrons. The normalized spacial score (nSPS) is 18.1. The van der Waals surface area contributed by atoms with Crippen LogP contribution in [0, 0.1) is 0 Å². The van der Waals surface area contributed by atoms with Crippen molar-refractivity contribution in [3.05, 3.63) is 0 Å². The third-order valence-corrected chi connectivity index (χ3v) is 1.70. The van der Waals surface area contributed by atoms with Crippen molar-refractivity contribution in [1.82, 2.24) is 4.90 Å². The minimum atomic E-state index is -0.0150. The standard InChI is InChI=1S/C7H11NO2.CH4/c1-2-8-6(9)4-3-5-7(8)10;/h2-5H2,1H3;1H4. The lowest BCUT2D eigenvalue weighted by Crippen LogP contribution is -2.39. The second kappa shape index (κ2) is 4.11. The Morgan fingerprint density at radius 1 is 1.27 bits per heavy atom. The Morgan fingerprint density at radius 2 is 1.73 bits per heavy atom. The fourth-order valence-electron chi connectivity index (χ4n) is 1.15. The SMILES string of the molecule is C.CCN1C(=O)CCCC1=O. The number of carbonyl (C=O) groups excluding carboxylic acids is 2. The van der Waals surface area contributed by atoms with Crippen LogP contribution in [-0.4, -0.2) is 23.3 Å². The van der Waals surface area contributed by atoms with Gasteiger partial charge in [-0.2, -0.15) is 0 Å². The van der Waals surface area contributed by atoms with E-state index in [1.54, 1.807) is 0 Å². The minimum Gasteiger partial charge on any atom is -0.283 e. The van der Waals surface area contributed by atoms with Crippen LogP contribution >= 0.6 is 0 Å². The number of hydrogen-bond donors (Lipinski definition) is 0. The molecule has 0 aromatic carbocycles. The Labute approximate surface area is 67.4 Å². The molecule has 0 spiro atoms. The molecule has 1 rings (SSSR count). The monoisotopic (exact) mass is 157 g/mol. The summed E-state index contributed by atoms with van der Waals surface area (Å²) in [6, 6.07) is 0. The zero-order valence-corrected chi connectivity index (χ0v) is 6.09. The van der Waals surface area contributed by atoms with Crippen molar-refractivity contribution >= 4 is 11.8 Å². The van der Waals surface area contributed by atoms with E-state index < -0.39 is 0 Å². The van der Waals surface area contributed by atoms with E-state index in [1.165, 1.54) is 4.90 Å². The number of rotatable bonds is 1. The summed E-state index contributed by atoms with van der Waals surface area (Å²) in [5.41, 5.74) is 0. The summed E-state index contributed by atoms with van der Waals surface area (Å²) in [4.78, 5) is 23.2. The first kappa shape index (κ1) is 10.1. The third-order valence-electron chi connectivity index (χ3n) is 1.70. The van der Waals surface area contributed by atoms with Gasteiger partial charge in [0.15, 0.2) is 0 Å². The molecule has 11 heavy (non-hydrogen) atoms. The van der Waals surface area contributed by atoms with Crippen LogP contribution in [0.5, 0.6) is 0 Å². The van der Waals surface area contributed by atoms with Crippen LogP contribution in [0.1, 0.15) is 33.6 Å². The van der Waals surface area contributed by atoms with E-state index in [4.69, 9.17) is 0 Å². The molecule has 1 saturated heterocycles. The van der Waals surface area contributed by atoms with E-state index in [1.807, 2.05) is 6.92 Å². The summed E-state index contributed by atoms with van der Waals surface area (Å²) in [5, 5.41) is 0. The van der Waals surface area contributed by atoms with Crippen LogP contribution in [0.4, 0.5) is 0 Å². The molecule has 0 N–H and O–H groups in total. The predicted molar refractivity (Wildman–Crippen MR) is 43.0 cm³/mol. The highest BCUT2D eigenvalue weighted by molar-refractivity contribution is 5.97. The molecule has 3 heteroatoms. The summed E-state index contributed by atoms with van der Waals surface area (Å²) in [6.07, 6.45) is 1.81. The summed E-state index contributed by atoms with van der Waals surface area (Å²) >= 11 is 0. The van der Waals surface area contributed by atoms with Crippen LogP contribution in [0.25, 0.3) is 0 Å². The van der Waals surface area contributed by atoms with E-state index in [9.17, 15) is 9.59 Å². The second-order valence-electron chi connectivity index (χ2n) is 2.39. The highest BCUT2D eigenvalue weighted by Crippen LogP contribution is 2.10. The largest absolute Gasteiger partial charge is 0.283 e. The molecule has 0 unspecified atom stereocenters. The minimum absolute atomic E-state index is 0. The molecular weight excluding hydrogens is 142 g/mol. The van der Waals surface area contributed by atoms with Crippen molar-refractivity contribution in [3.63, 3.8) is 0 Å². The second-order valence-corrected chi connectivity index (χ2v) is 2.39. The zero-order chi connectivity index (χ0) is 7.56. The van der Waals surface area contributed by atoms with Crippen molar-refractivity contribution < 1.29 is 9.59 Å². The topological polar surface area (TPSA) is 37.4 Å². The van der Waals surface area contributed by atoms with Crippen molar-refractivity contribution in [2.45, 2.75) is 33.6 Å². The quantitative estimate of drug-likeness (QED) is 0.536. The lowest BCUT2D eigenvalue weighted by Gasteiger charge is -2.22. The molecule has 1 aliphatic rings. The number of hydrogen-bond acceptors (Lipinski definition) is 2. The van der Waals surface area contributed by atoms with Gasteiger partial charge in [0.05, 0.1) is 0 Å². The number of carbonyl (C=O) groups is 2. The summed E-state index contributed by atoms with van der Waals surface area (Å²) < 4.78 is 0. The molecule has 0 aliphatic carbocycles. The average Bonchev–Trinajstić information content (AvgIpc) is 1.88. The molecule has 0 saturated carbocycles. The molecule has 1 aliphatic heterocycles. The Hall–Kier alpha value is -0.860. The van der Waals surface area contributed by atoms with Gasteiger partial charge in [0.1, 0.15) is 0 Å². The Bertz CT molecular complexity index is 149. The first-order chi connectivity index (χ1) is 4.75. The van der Waals surface area contributed by atoms with Gasteiger partial charge in [-0.15, -0.1) is 0 Å². The van der Waals surface area contributed by atoms with Crippen LogP contribution < -0.4 is 0 Å². The molecule has 0 bridgehead atoms.